The maximum Gasteiger partial charge on any atom is 0.394 e. The summed E-state index contributed by atoms with van der Waals surface area (Å²) in [7, 11) is -4.67. The summed E-state index contributed by atoms with van der Waals surface area (Å²) in [5, 5.41) is 0. The lowest BCUT2D eigenvalue weighted by atomic mass is 10.1. The van der Waals surface area contributed by atoms with E-state index in [1.54, 1.807) is 0 Å². The first-order valence-corrected chi connectivity index (χ1v) is 10.8. The summed E-state index contributed by atoms with van der Waals surface area (Å²) in [6, 6.07) is 0. The van der Waals surface area contributed by atoms with Gasteiger partial charge >= 0.3 is 10.4 Å². The number of amides is 1. The lowest BCUT2D eigenvalue weighted by Crippen LogP contribution is -2.09. The molecule has 150 valence electrons. The van der Waals surface area contributed by atoms with Gasteiger partial charge in [0.05, 0.1) is 0 Å². The highest BCUT2D eigenvalue weighted by molar-refractivity contribution is 7.79. The third-order valence-electron chi connectivity index (χ3n) is 3.68. The van der Waals surface area contributed by atoms with Crippen molar-refractivity contribution in [3.63, 3.8) is 0 Å². The van der Waals surface area contributed by atoms with Crippen LogP contribution in [0.1, 0.15) is 96.8 Å². The van der Waals surface area contributed by atoms with Crippen LogP contribution in [0.4, 0.5) is 0 Å². The van der Waals surface area contributed by atoms with Crippen LogP contribution in [-0.2, 0) is 15.2 Å². The molecule has 0 rings (SSSR count). The Morgan fingerprint density at radius 1 is 0.800 bits per heavy atom. The smallest absolute Gasteiger partial charge is 0.370 e. The zero-order valence-electron chi connectivity index (χ0n) is 15.7. The van der Waals surface area contributed by atoms with E-state index in [-0.39, 0.29) is 5.91 Å². The number of nitrogens with two attached hydrogens (primary N) is 1. The van der Waals surface area contributed by atoms with Crippen molar-refractivity contribution in [2.24, 2.45) is 5.73 Å². The van der Waals surface area contributed by atoms with E-state index < -0.39 is 10.4 Å². The summed E-state index contributed by atoms with van der Waals surface area (Å²) in [5.41, 5.74) is 5.10. The SMILES string of the molecule is CCCCCCCC/C=C\CCCCCCCC(N)=O.O=S(=O)(O)O. The Hall–Kier alpha value is -0.920. The average molecular weight is 380 g/mol. The molecule has 0 atom stereocenters. The lowest BCUT2D eigenvalue weighted by Gasteiger charge is -1.99. The standard InChI is InChI=1S/C18H35NO.H2O4S/c1-2-3-4-5-6-7-8-9-10-11-12-13-14-15-16-17-18(19)20;1-5(2,3)4/h9-10H,2-8,11-17H2,1H3,(H2,19,20);(H2,1,2,3,4)/b10-9-;. The average Bonchev–Trinajstić information content (AvgIpc) is 2.49. The van der Waals surface area contributed by atoms with Crippen LogP contribution < -0.4 is 5.73 Å². The molecule has 7 heteroatoms. The van der Waals surface area contributed by atoms with Crippen LogP contribution in [0.15, 0.2) is 12.2 Å². The molecule has 0 aliphatic rings. The van der Waals surface area contributed by atoms with E-state index in [0.717, 1.165) is 12.8 Å². The van der Waals surface area contributed by atoms with Crippen LogP contribution in [0.2, 0.25) is 0 Å². The van der Waals surface area contributed by atoms with Crippen molar-refractivity contribution < 1.29 is 22.3 Å². The first kappa shape index (κ1) is 26.3. The Morgan fingerprint density at radius 3 is 1.56 bits per heavy atom. The van der Waals surface area contributed by atoms with E-state index in [1.165, 1.54) is 70.6 Å². The number of unbranched alkanes of at least 4 members (excludes halogenated alkanes) is 11. The summed E-state index contributed by atoms with van der Waals surface area (Å²) >= 11 is 0. The van der Waals surface area contributed by atoms with Gasteiger partial charge in [0, 0.05) is 6.42 Å². The number of hydrogen-bond acceptors (Lipinski definition) is 3. The fourth-order valence-corrected chi connectivity index (χ4v) is 2.37. The van der Waals surface area contributed by atoms with Crippen LogP contribution in [0.25, 0.3) is 0 Å². The fraction of sp³-hybridized carbons (Fsp3) is 0.833. The topological polar surface area (TPSA) is 118 Å². The summed E-state index contributed by atoms with van der Waals surface area (Å²) in [6.45, 7) is 2.26. The van der Waals surface area contributed by atoms with Gasteiger partial charge in [-0.15, -0.1) is 0 Å². The van der Waals surface area contributed by atoms with E-state index in [4.69, 9.17) is 23.3 Å². The molecule has 25 heavy (non-hydrogen) atoms. The van der Waals surface area contributed by atoms with Crippen molar-refractivity contribution in [3.8, 4) is 0 Å². The molecule has 0 aromatic carbocycles. The van der Waals surface area contributed by atoms with E-state index >= 15 is 0 Å². The number of carbonyl (C=O) groups excluding carboxylic acids is 1. The Labute approximate surface area is 153 Å². The predicted octanol–water partition coefficient (Wildman–Crippen LogP) is 4.86. The molecule has 0 saturated heterocycles. The van der Waals surface area contributed by atoms with Gasteiger partial charge in [0.1, 0.15) is 0 Å². The van der Waals surface area contributed by atoms with Crippen LogP contribution >= 0.6 is 0 Å². The zero-order chi connectivity index (χ0) is 19.4. The molecule has 0 aromatic rings. The van der Waals surface area contributed by atoms with Crippen molar-refractivity contribution in [2.75, 3.05) is 0 Å². The predicted molar refractivity (Wildman–Crippen MR) is 103 cm³/mol. The number of hydrogen-bond donors (Lipinski definition) is 3. The molecule has 0 radical (unpaired) electrons. The van der Waals surface area contributed by atoms with E-state index in [2.05, 4.69) is 19.1 Å². The van der Waals surface area contributed by atoms with Crippen LogP contribution in [0.5, 0.6) is 0 Å². The molecule has 0 unspecified atom stereocenters. The molecule has 0 aliphatic carbocycles. The minimum absolute atomic E-state index is 0.164. The van der Waals surface area contributed by atoms with Crippen molar-refractivity contribution in [1.29, 1.82) is 0 Å². The molecule has 6 nitrogen and oxygen atoms in total. The van der Waals surface area contributed by atoms with Crippen LogP contribution in [-0.4, -0.2) is 23.4 Å². The summed E-state index contributed by atoms with van der Waals surface area (Å²) in [6.07, 6.45) is 21.9. The minimum Gasteiger partial charge on any atom is -0.370 e. The first-order valence-electron chi connectivity index (χ1n) is 9.40. The van der Waals surface area contributed by atoms with Gasteiger partial charge in [-0.05, 0) is 32.1 Å². The molecule has 0 spiro atoms. The van der Waals surface area contributed by atoms with Gasteiger partial charge in [0.2, 0.25) is 5.91 Å². The van der Waals surface area contributed by atoms with Gasteiger partial charge in [-0.25, -0.2) is 0 Å². The van der Waals surface area contributed by atoms with Gasteiger partial charge < -0.3 is 5.73 Å². The number of rotatable bonds is 15. The van der Waals surface area contributed by atoms with Crippen molar-refractivity contribution in [2.45, 2.75) is 96.8 Å². The molecule has 1 amide bonds. The normalized spacial score (nSPS) is 11.3. The Bertz CT molecular complexity index is 413. The second kappa shape index (κ2) is 19.4. The molecular weight excluding hydrogens is 342 g/mol. The second-order valence-corrected chi connectivity index (χ2v) is 7.14. The largest absolute Gasteiger partial charge is 0.394 e. The third kappa shape index (κ3) is 39.7. The molecule has 0 heterocycles. The maximum atomic E-state index is 10.5. The molecule has 0 aromatic heterocycles. The Morgan fingerprint density at radius 2 is 1.16 bits per heavy atom. The van der Waals surface area contributed by atoms with Crippen LogP contribution in [0.3, 0.4) is 0 Å². The monoisotopic (exact) mass is 379 g/mol. The quantitative estimate of drug-likeness (QED) is 0.213. The number of primary amides is 1. The van der Waals surface area contributed by atoms with E-state index in [1.807, 2.05) is 0 Å². The van der Waals surface area contributed by atoms with Gasteiger partial charge in [0.15, 0.2) is 0 Å². The Balaban J connectivity index is 0. The third-order valence-corrected chi connectivity index (χ3v) is 3.68. The minimum atomic E-state index is -4.67. The van der Waals surface area contributed by atoms with Crippen LogP contribution in [0, 0.1) is 0 Å². The highest BCUT2D eigenvalue weighted by Crippen LogP contribution is 2.09. The molecule has 0 fully saturated rings. The number of allylic oxidation sites excluding steroid dienone is 2. The Kier molecular flexibility index (Phi) is 20.4. The number of carbonyl (C=O) groups is 1. The van der Waals surface area contributed by atoms with Crippen molar-refractivity contribution in [3.05, 3.63) is 12.2 Å². The van der Waals surface area contributed by atoms with Crippen molar-refractivity contribution in [1.82, 2.24) is 0 Å². The van der Waals surface area contributed by atoms with Gasteiger partial charge in [-0.3, -0.25) is 13.9 Å². The first-order chi connectivity index (χ1) is 11.8. The maximum absolute atomic E-state index is 10.5. The van der Waals surface area contributed by atoms with Gasteiger partial charge in [0.25, 0.3) is 0 Å². The molecule has 4 N–H and O–H groups in total. The summed E-state index contributed by atoms with van der Waals surface area (Å²) < 4.78 is 31.6. The van der Waals surface area contributed by atoms with E-state index in [9.17, 15) is 4.79 Å². The van der Waals surface area contributed by atoms with Gasteiger partial charge in [-0.2, -0.15) is 8.42 Å². The highest BCUT2D eigenvalue weighted by atomic mass is 32.3. The van der Waals surface area contributed by atoms with E-state index in [0.29, 0.717) is 6.42 Å². The summed E-state index contributed by atoms with van der Waals surface area (Å²) in [4.78, 5) is 10.5. The molecule has 0 saturated carbocycles. The lowest BCUT2D eigenvalue weighted by molar-refractivity contribution is -0.118. The molecule has 0 aliphatic heterocycles. The molecular formula is C18H37NO5S. The van der Waals surface area contributed by atoms with Crippen molar-refractivity contribution >= 4 is 16.3 Å². The summed E-state index contributed by atoms with van der Waals surface area (Å²) in [5.74, 6) is -0.164. The van der Waals surface area contributed by atoms with Gasteiger partial charge in [-0.1, -0.05) is 70.4 Å². The molecule has 0 bridgehead atoms. The fourth-order valence-electron chi connectivity index (χ4n) is 2.37. The second-order valence-electron chi connectivity index (χ2n) is 6.25. The highest BCUT2D eigenvalue weighted by Gasteiger charge is 1.94. The zero-order valence-corrected chi connectivity index (χ0v) is 16.5.